The largest absolute Gasteiger partial charge is 0.508 e. The van der Waals surface area contributed by atoms with E-state index in [9.17, 15) is 18.3 Å². The van der Waals surface area contributed by atoms with Crippen LogP contribution in [0, 0.1) is 0 Å². The number of amides is 1. The summed E-state index contributed by atoms with van der Waals surface area (Å²) in [6.07, 6.45) is 1.56. The van der Waals surface area contributed by atoms with Gasteiger partial charge in [-0.3, -0.25) is 9.52 Å². The van der Waals surface area contributed by atoms with Crippen LogP contribution in [-0.4, -0.2) is 32.2 Å². The number of hydrogen-bond acceptors (Lipinski definition) is 4. The smallest absolute Gasteiger partial charge is 0.251 e. The summed E-state index contributed by atoms with van der Waals surface area (Å²) in [6.45, 7) is 0.375. The number of carbonyl (C=O) groups excluding carboxylic acids is 1. The number of halogens is 1. The van der Waals surface area contributed by atoms with Gasteiger partial charge in [-0.2, -0.15) is 0 Å². The molecular weight excluding hydrogens is 352 g/mol. The van der Waals surface area contributed by atoms with Gasteiger partial charge in [-0.1, -0.05) is 23.7 Å². The molecule has 8 heteroatoms. The highest BCUT2D eigenvalue weighted by molar-refractivity contribution is 7.92. The number of rotatable bonds is 6. The Morgan fingerprint density at radius 1 is 1.21 bits per heavy atom. The molecule has 0 aliphatic heterocycles. The summed E-state index contributed by atoms with van der Waals surface area (Å²) in [4.78, 5) is 12.2. The molecule has 0 unspecified atom stereocenters. The molecule has 0 saturated heterocycles. The van der Waals surface area contributed by atoms with Crippen LogP contribution in [0.5, 0.6) is 5.75 Å². The zero-order chi connectivity index (χ0) is 17.7. The predicted molar refractivity (Wildman–Crippen MR) is 94.1 cm³/mol. The van der Waals surface area contributed by atoms with Crippen LogP contribution < -0.4 is 10.0 Å². The maximum absolute atomic E-state index is 12.2. The van der Waals surface area contributed by atoms with Crippen LogP contribution in [0.25, 0.3) is 0 Å². The maximum atomic E-state index is 12.2. The number of phenols is 1. The van der Waals surface area contributed by atoms with E-state index in [2.05, 4.69) is 10.0 Å². The van der Waals surface area contributed by atoms with Gasteiger partial charge in [0.15, 0.2) is 0 Å². The lowest BCUT2D eigenvalue weighted by Crippen LogP contribution is -2.25. The number of hydrogen-bond donors (Lipinski definition) is 3. The Morgan fingerprint density at radius 3 is 2.62 bits per heavy atom. The van der Waals surface area contributed by atoms with Crippen molar-refractivity contribution in [2.24, 2.45) is 0 Å². The van der Waals surface area contributed by atoms with Crippen LogP contribution in [0.2, 0.25) is 5.02 Å². The molecule has 2 aromatic rings. The molecule has 0 saturated carbocycles. The molecule has 0 bridgehead atoms. The average Bonchev–Trinajstić information content (AvgIpc) is 2.48. The first-order valence-electron chi connectivity index (χ1n) is 7.08. The van der Waals surface area contributed by atoms with Crippen molar-refractivity contribution >= 4 is 33.2 Å². The quantitative estimate of drug-likeness (QED) is 0.729. The second-order valence-corrected chi connectivity index (χ2v) is 7.40. The van der Waals surface area contributed by atoms with Crippen molar-refractivity contribution in [3.05, 3.63) is 58.6 Å². The Balaban J connectivity index is 2.00. The summed E-state index contributed by atoms with van der Waals surface area (Å²) in [5.74, 6) is -0.170. The first kappa shape index (κ1) is 18.1. The highest BCUT2D eigenvalue weighted by Crippen LogP contribution is 2.23. The number of benzene rings is 2. The molecule has 3 N–H and O–H groups in total. The lowest BCUT2D eigenvalue weighted by molar-refractivity contribution is 0.0954. The van der Waals surface area contributed by atoms with Crippen molar-refractivity contribution < 1.29 is 18.3 Å². The first-order valence-corrected chi connectivity index (χ1v) is 9.35. The Labute approximate surface area is 145 Å². The SMILES string of the molecule is CS(=O)(=O)Nc1cc(C(=O)NCCc2cccc(O)c2)ccc1Cl. The summed E-state index contributed by atoms with van der Waals surface area (Å²) in [7, 11) is -3.49. The van der Waals surface area contributed by atoms with E-state index in [0.717, 1.165) is 11.8 Å². The molecule has 0 aromatic heterocycles. The van der Waals surface area contributed by atoms with Gasteiger partial charge in [0.05, 0.1) is 17.0 Å². The third kappa shape index (κ3) is 5.43. The number of carbonyl (C=O) groups is 1. The van der Waals surface area contributed by atoms with E-state index in [1.807, 2.05) is 6.07 Å². The van der Waals surface area contributed by atoms with Crippen molar-refractivity contribution in [1.29, 1.82) is 0 Å². The highest BCUT2D eigenvalue weighted by Gasteiger charge is 2.11. The Kier molecular flexibility index (Phi) is 5.69. The van der Waals surface area contributed by atoms with Crippen LogP contribution in [-0.2, 0) is 16.4 Å². The van der Waals surface area contributed by atoms with Crippen molar-refractivity contribution in [3.8, 4) is 5.75 Å². The number of sulfonamides is 1. The summed E-state index contributed by atoms with van der Waals surface area (Å²) in [5, 5.41) is 12.3. The molecule has 24 heavy (non-hydrogen) atoms. The molecular formula is C16H17ClN2O4S. The minimum atomic E-state index is -3.49. The van der Waals surface area contributed by atoms with Crippen molar-refractivity contribution in [2.75, 3.05) is 17.5 Å². The molecule has 6 nitrogen and oxygen atoms in total. The highest BCUT2D eigenvalue weighted by atomic mass is 35.5. The van der Waals surface area contributed by atoms with Gasteiger partial charge in [-0.25, -0.2) is 8.42 Å². The summed E-state index contributed by atoms with van der Waals surface area (Å²) in [6, 6.07) is 11.1. The maximum Gasteiger partial charge on any atom is 0.251 e. The van der Waals surface area contributed by atoms with E-state index in [1.165, 1.54) is 18.2 Å². The van der Waals surface area contributed by atoms with Crippen LogP contribution in [0.3, 0.4) is 0 Å². The summed E-state index contributed by atoms with van der Waals surface area (Å²) in [5.41, 5.74) is 1.34. The van der Waals surface area contributed by atoms with Gasteiger partial charge in [0.1, 0.15) is 5.75 Å². The summed E-state index contributed by atoms with van der Waals surface area (Å²) >= 11 is 5.92. The first-order chi connectivity index (χ1) is 11.2. The van der Waals surface area contributed by atoms with E-state index < -0.39 is 10.0 Å². The van der Waals surface area contributed by atoms with Crippen molar-refractivity contribution in [2.45, 2.75) is 6.42 Å². The van der Waals surface area contributed by atoms with Gasteiger partial charge in [-0.05, 0) is 42.3 Å². The monoisotopic (exact) mass is 368 g/mol. The third-order valence-corrected chi connectivity index (χ3v) is 4.05. The van der Waals surface area contributed by atoms with Gasteiger partial charge < -0.3 is 10.4 Å². The molecule has 0 aliphatic rings. The second-order valence-electron chi connectivity index (χ2n) is 5.24. The van der Waals surface area contributed by atoms with Crippen LogP contribution in [0.4, 0.5) is 5.69 Å². The molecule has 0 heterocycles. The molecule has 1 amide bonds. The van der Waals surface area contributed by atoms with E-state index in [4.69, 9.17) is 11.6 Å². The van der Waals surface area contributed by atoms with Crippen LogP contribution >= 0.6 is 11.6 Å². The van der Waals surface area contributed by atoms with E-state index in [-0.39, 0.29) is 22.4 Å². The molecule has 0 fully saturated rings. The Hall–Kier alpha value is -2.25. The fraction of sp³-hybridized carbons (Fsp3) is 0.188. The molecule has 0 aliphatic carbocycles. The van der Waals surface area contributed by atoms with E-state index in [1.54, 1.807) is 18.2 Å². The van der Waals surface area contributed by atoms with Crippen LogP contribution in [0.15, 0.2) is 42.5 Å². The third-order valence-electron chi connectivity index (χ3n) is 3.13. The number of nitrogens with one attached hydrogen (secondary N) is 2. The molecule has 0 radical (unpaired) electrons. The minimum absolute atomic E-state index is 0.153. The van der Waals surface area contributed by atoms with E-state index in [0.29, 0.717) is 18.5 Å². The van der Waals surface area contributed by atoms with Crippen LogP contribution in [0.1, 0.15) is 15.9 Å². The zero-order valence-electron chi connectivity index (χ0n) is 12.9. The second kappa shape index (κ2) is 7.55. The van der Waals surface area contributed by atoms with Gasteiger partial charge in [0.25, 0.3) is 5.91 Å². The molecule has 128 valence electrons. The fourth-order valence-electron chi connectivity index (χ4n) is 2.08. The van der Waals surface area contributed by atoms with Gasteiger partial charge >= 0.3 is 0 Å². The van der Waals surface area contributed by atoms with Crippen molar-refractivity contribution in [3.63, 3.8) is 0 Å². The molecule has 2 aromatic carbocycles. The normalized spacial score (nSPS) is 11.1. The predicted octanol–water partition coefficient (Wildman–Crippen LogP) is 2.39. The Morgan fingerprint density at radius 2 is 1.96 bits per heavy atom. The lowest BCUT2D eigenvalue weighted by Gasteiger charge is -2.10. The van der Waals surface area contributed by atoms with Gasteiger partial charge in [0, 0.05) is 12.1 Å². The number of aromatic hydroxyl groups is 1. The molecule has 0 atom stereocenters. The van der Waals surface area contributed by atoms with Crippen molar-refractivity contribution in [1.82, 2.24) is 5.32 Å². The zero-order valence-corrected chi connectivity index (χ0v) is 14.5. The molecule has 0 spiro atoms. The van der Waals surface area contributed by atoms with E-state index >= 15 is 0 Å². The fourth-order valence-corrected chi connectivity index (χ4v) is 2.87. The number of anilines is 1. The Bertz CT molecular complexity index is 853. The molecule has 2 rings (SSSR count). The standard InChI is InChI=1S/C16H17ClN2O4S/c1-24(22,23)19-15-10-12(5-6-14(15)17)16(21)18-8-7-11-3-2-4-13(20)9-11/h2-6,9-10,19-20H,7-8H2,1H3,(H,18,21). The number of phenolic OH excluding ortho intramolecular Hbond substituents is 1. The lowest BCUT2D eigenvalue weighted by atomic mass is 10.1. The van der Waals surface area contributed by atoms with Gasteiger partial charge in [-0.15, -0.1) is 0 Å². The van der Waals surface area contributed by atoms with Gasteiger partial charge in [0.2, 0.25) is 10.0 Å². The minimum Gasteiger partial charge on any atom is -0.508 e. The topological polar surface area (TPSA) is 95.5 Å². The average molecular weight is 369 g/mol. The summed E-state index contributed by atoms with van der Waals surface area (Å²) < 4.78 is 24.9.